The molecule has 138 valence electrons. The fourth-order valence-electron chi connectivity index (χ4n) is 4.17. The van der Waals surface area contributed by atoms with Gasteiger partial charge < -0.3 is 9.80 Å². The molecule has 4 nitrogen and oxygen atoms in total. The van der Waals surface area contributed by atoms with Crippen LogP contribution in [-0.2, 0) is 12.8 Å². The van der Waals surface area contributed by atoms with Gasteiger partial charge in [-0.1, -0.05) is 36.4 Å². The molecule has 0 N–H and O–H groups in total. The van der Waals surface area contributed by atoms with Gasteiger partial charge in [0.15, 0.2) is 0 Å². The van der Waals surface area contributed by atoms with E-state index in [1.165, 1.54) is 11.1 Å². The zero-order valence-corrected chi connectivity index (χ0v) is 15.5. The van der Waals surface area contributed by atoms with Crippen molar-refractivity contribution >= 4 is 23.2 Å². The van der Waals surface area contributed by atoms with Crippen LogP contribution in [0, 0.1) is 0 Å². The average molecular weight is 368 g/mol. The molecule has 2 amide bonds. The van der Waals surface area contributed by atoms with Gasteiger partial charge >= 0.3 is 0 Å². The van der Waals surface area contributed by atoms with E-state index >= 15 is 0 Å². The maximum absolute atomic E-state index is 12.9. The van der Waals surface area contributed by atoms with E-state index in [9.17, 15) is 9.59 Å². The van der Waals surface area contributed by atoms with Gasteiger partial charge in [0.25, 0.3) is 11.8 Å². The van der Waals surface area contributed by atoms with E-state index < -0.39 is 0 Å². The van der Waals surface area contributed by atoms with E-state index in [0.717, 1.165) is 24.2 Å². The van der Waals surface area contributed by atoms with Crippen molar-refractivity contribution in [3.05, 3.63) is 95.1 Å². The Kier molecular flexibility index (Phi) is 3.97. The van der Waals surface area contributed by atoms with Crippen LogP contribution in [-0.4, -0.2) is 24.9 Å². The van der Waals surface area contributed by atoms with E-state index in [-0.39, 0.29) is 11.8 Å². The van der Waals surface area contributed by atoms with Crippen LogP contribution in [0.1, 0.15) is 31.8 Å². The van der Waals surface area contributed by atoms with Gasteiger partial charge in [0.2, 0.25) is 0 Å². The average Bonchev–Trinajstić information content (AvgIpc) is 3.37. The third-order valence-corrected chi connectivity index (χ3v) is 5.64. The van der Waals surface area contributed by atoms with Gasteiger partial charge in [0, 0.05) is 35.6 Å². The molecule has 0 radical (unpaired) electrons. The topological polar surface area (TPSA) is 40.6 Å². The summed E-state index contributed by atoms with van der Waals surface area (Å²) in [4.78, 5) is 29.5. The minimum Gasteiger partial charge on any atom is -0.308 e. The molecule has 0 spiro atoms. The standard InChI is InChI=1S/C24H20N2O2/c27-23(25-15-13-17-5-1-3-7-21(17)25)19-9-11-20(12-10-19)24(28)26-16-14-18-6-2-4-8-22(18)26/h1-12H,13-16H2. The van der Waals surface area contributed by atoms with Gasteiger partial charge in [0.05, 0.1) is 0 Å². The molecule has 0 unspecified atom stereocenters. The Labute approximate surface area is 164 Å². The third kappa shape index (κ3) is 2.69. The van der Waals surface area contributed by atoms with Crippen LogP contribution >= 0.6 is 0 Å². The monoisotopic (exact) mass is 368 g/mol. The Balaban J connectivity index is 1.37. The van der Waals surface area contributed by atoms with Gasteiger partial charge in [-0.05, 0) is 60.4 Å². The molecule has 0 aromatic heterocycles. The number of carbonyl (C=O) groups excluding carboxylic acids is 2. The van der Waals surface area contributed by atoms with Crippen LogP contribution in [0.2, 0.25) is 0 Å². The van der Waals surface area contributed by atoms with Crippen molar-refractivity contribution < 1.29 is 9.59 Å². The lowest BCUT2D eigenvalue weighted by atomic mass is 10.1. The lowest BCUT2D eigenvalue weighted by molar-refractivity contribution is 0.0978. The summed E-state index contributed by atoms with van der Waals surface area (Å²) in [7, 11) is 0. The largest absolute Gasteiger partial charge is 0.308 e. The molecule has 3 aromatic carbocycles. The highest BCUT2D eigenvalue weighted by Gasteiger charge is 2.27. The number of rotatable bonds is 2. The lowest BCUT2D eigenvalue weighted by Gasteiger charge is -2.19. The molecule has 28 heavy (non-hydrogen) atoms. The van der Waals surface area contributed by atoms with Crippen molar-refractivity contribution in [2.75, 3.05) is 22.9 Å². The highest BCUT2D eigenvalue weighted by Crippen LogP contribution is 2.30. The summed E-state index contributed by atoms with van der Waals surface area (Å²) >= 11 is 0. The number of benzene rings is 3. The molecule has 0 atom stereocenters. The molecular formula is C24H20N2O2. The number of hydrogen-bond donors (Lipinski definition) is 0. The van der Waals surface area contributed by atoms with E-state index in [0.29, 0.717) is 24.2 Å². The summed E-state index contributed by atoms with van der Waals surface area (Å²) in [5.74, 6) is -0.0362. The predicted octanol–water partition coefficient (Wildman–Crippen LogP) is 4.09. The Hall–Kier alpha value is -3.40. The molecule has 0 aliphatic carbocycles. The van der Waals surface area contributed by atoms with E-state index in [1.54, 1.807) is 24.3 Å². The highest BCUT2D eigenvalue weighted by molar-refractivity contribution is 6.10. The summed E-state index contributed by atoms with van der Waals surface area (Å²) < 4.78 is 0. The number of fused-ring (bicyclic) bond motifs is 2. The molecule has 0 fully saturated rings. The smallest absolute Gasteiger partial charge is 0.258 e. The number of amides is 2. The Morgan fingerprint density at radius 1 is 0.571 bits per heavy atom. The van der Waals surface area contributed by atoms with E-state index in [1.807, 2.05) is 46.2 Å². The lowest BCUT2D eigenvalue weighted by Crippen LogP contribution is -2.30. The minimum absolute atomic E-state index is 0.0181. The SMILES string of the molecule is O=C(c1ccc(C(=O)N2CCc3ccccc32)cc1)N1CCc2ccccc21. The van der Waals surface area contributed by atoms with Crippen LogP contribution < -0.4 is 9.80 Å². The summed E-state index contributed by atoms with van der Waals surface area (Å²) in [5, 5.41) is 0. The molecule has 5 rings (SSSR count). The van der Waals surface area contributed by atoms with Crippen LogP contribution in [0.3, 0.4) is 0 Å². The van der Waals surface area contributed by atoms with Crippen LogP contribution in [0.4, 0.5) is 11.4 Å². The molecule has 3 aromatic rings. The Morgan fingerprint density at radius 3 is 1.39 bits per heavy atom. The van der Waals surface area contributed by atoms with Crippen molar-refractivity contribution in [1.29, 1.82) is 0 Å². The molecular weight excluding hydrogens is 348 g/mol. The molecule has 0 bridgehead atoms. The quantitative estimate of drug-likeness (QED) is 0.683. The first kappa shape index (κ1) is 16.8. The zero-order chi connectivity index (χ0) is 19.1. The van der Waals surface area contributed by atoms with Crippen molar-refractivity contribution in [3.8, 4) is 0 Å². The number of nitrogens with zero attached hydrogens (tertiary/aromatic N) is 2. The third-order valence-electron chi connectivity index (χ3n) is 5.64. The maximum Gasteiger partial charge on any atom is 0.258 e. The van der Waals surface area contributed by atoms with Gasteiger partial charge in [-0.15, -0.1) is 0 Å². The Morgan fingerprint density at radius 2 is 0.964 bits per heavy atom. The fraction of sp³-hybridized carbons (Fsp3) is 0.167. The second-order valence-electron chi connectivity index (χ2n) is 7.25. The van der Waals surface area contributed by atoms with Gasteiger partial charge in [-0.3, -0.25) is 9.59 Å². The first-order valence-corrected chi connectivity index (χ1v) is 9.62. The first-order chi connectivity index (χ1) is 13.7. The van der Waals surface area contributed by atoms with E-state index in [2.05, 4.69) is 12.1 Å². The minimum atomic E-state index is -0.0181. The first-order valence-electron chi connectivity index (χ1n) is 9.62. The molecule has 2 aliphatic rings. The van der Waals surface area contributed by atoms with Gasteiger partial charge in [-0.25, -0.2) is 0 Å². The summed E-state index contributed by atoms with van der Waals surface area (Å²) in [6.45, 7) is 1.40. The number of hydrogen-bond acceptors (Lipinski definition) is 2. The van der Waals surface area contributed by atoms with Crippen molar-refractivity contribution in [1.82, 2.24) is 0 Å². The molecule has 2 heterocycles. The Bertz CT molecular complexity index is 985. The van der Waals surface area contributed by atoms with Gasteiger partial charge in [-0.2, -0.15) is 0 Å². The van der Waals surface area contributed by atoms with Crippen LogP contribution in [0.25, 0.3) is 0 Å². The summed E-state index contributed by atoms with van der Waals surface area (Å²) in [6, 6.07) is 23.1. The highest BCUT2D eigenvalue weighted by atomic mass is 16.2. The number of para-hydroxylation sites is 2. The maximum atomic E-state index is 12.9. The second-order valence-corrected chi connectivity index (χ2v) is 7.25. The number of anilines is 2. The predicted molar refractivity (Wildman–Crippen MR) is 110 cm³/mol. The normalized spacial score (nSPS) is 14.7. The van der Waals surface area contributed by atoms with Crippen molar-refractivity contribution in [3.63, 3.8) is 0 Å². The fourth-order valence-corrected chi connectivity index (χ4v) is 4.17. The van der Waals surface area contributed by atoms with Crippen LogP contribution in [0.15, 0.2) is 72.8 Å². The molecule has 0 saturated carbocycles. The van der Waals surface area contributed by atoms with E-state index in [4.69, 9.17) is 0 Å². The summed E-state index contributed by atoms with van der Waals surface area (Å²) in [5.41, 5.74) is 5.60. The number of carbonyl (C=O) groups is 2. The molecule has 2 aliphatic heterocycles. The summed E-state index contributed by atoms with van der Waals surface area (Å²) in [6.07, 6.45) is 1.76. The van der Waals surface area contributed by atoms with Crippen LogP contribution in [0.5, 0.6) is 0 Å². The van der Waals surface area contributed by atoms with Crippen molar-refractivity contribution in [2.24, 2.45) is 0 Å². The molecule has 0 saturated heterocycles. The molecule has 4 heteroatoms. The second kappa shape index (κ2) is 6.64. The zero-order valence-electron chi connectivity index (χ0n) is 15.5. The van der Waals surface area contributed by atoms with Crippen molar-refractivity contribution in [2.45, 2.75) is 12.8 Å². The van der Waals surface area contributed by atoms with Gasteiger partial charge in [0.1, 0.15) is 0 Å².